The van der Waals surface area contributed by atoms with Gasteiger partial charge in [0.15, 0.2) is 5.82 Å². The van der Waals surface area contributed by atoms with Gasteiger partial charge in [0.1, 0.15) is 12.4 Å². The third-order valence-corrected chi connectivity index (χ3v) is 6.29. The normalized spacial score (nSPS) is 11.6. The van der Waals surface area contributed by atoms with Crippen molar-refractivity contribution in [1.29, 1.82) is 0 Å². The molecule has 33 heavy (non-hydrogen) atoms. The van der Waals surface area contributed by atoms with Gasteiger partial charge in [-0.25, -0.2) is 4.68 Å². The topological polar surface area (TPSA) is 95.1 Å². The van der Waals surface area contributed by atoms with Crippen molar-refractivity contribution in [1.82, 2.24) is 14.9 Å². The average Bonchev–Trinajstić information content (AvgIpc) is 3.11. The van der Waals surface area contributed by atoms with Crippen LogP contribution in [0.5, 0.6) is 5.75 Å². The number of rotatable bonds is 8. The minimum atomic E-state index is -0.115. The van der Waals surface area contributed by atoms with Gasteiger partial charge in [0.05, 0.1) is 5.75 Å². The zero-order chi connectivity index (χ0) is 24.2. The number of benzene rings is 2. The first-order chi connectivity index (χ1) is 15.6. The summed E-state index contributed by atoms with van der Waals surface area (Å²) in [6.45, 7) is 12.9. The number of carbonyl (C=O) groups is 1. The SMILES string of the molecule is Cc1cccc(C(C)C)c1NC(=O)CSc1nnc(COc2ccc(C(C)(C)C)cc2)n1N. The number of nitrogens with two attached hydrogens (primary N) is 1. The van der Waals surface area contributed by atoms with Gasteiger partial charge < -0.3 is 15.9 Å². The van der Waals surface area contributed by atoms with Crippen molar-refractivity contribution in [3.8, 4) is 5.75 Å². The average molecular weight is 468 g/mol. The predicted molar refractivity (Wildman–Crippen MR) is 134 cm³/mol. The standard InChI is InChI=1S/C25H33N5O2S/c1-16(2)20-9-7-8-17(3)23(20)27-22(31)15-33-24-29-28-21(30(24)26)14-32-19-12-10-18(11-13-19)25(4,5)6/h7-13,16H,14-15,26H2,1-6H3,(H,27,31). The zero-order valence-electron chi connectivity index (χ0n) is 20.2. The molecule has 0 radical (unpaired) electrons. The fourth-order valence-corrected chi connectivity index (χ4v) is 4.03. The Kier molecular flexibility index (Phi) is 7.68. The van der Waals surface area contributed by atoms with Crippen LogP contribution in [0.15, 0.2) is 47.6 Å². The molecular weight excluding hydrogens is 434 g/mol. The Morgan fingerprint density at radius 2 is 1.85 bits per heavy atom. The van der Waals surface area contributed by atoms with Gasteiger partial charge in [-0.3, -0.25) is 4.79 Å². The van der Waals surface area contributed by atoms with Crippen molar-refractivity contribution >= 4 is 23.4 Å². The van der Waals surface area contributed by atoms with Crippen LogP contribution >= 0.6 is 11.8 Å². The molecule has 0 spiro atoms. The van der Waals surface area contributed by atoms with E-state index in [2.05, 4.69) is 62.3 Å². The lowest BCUT2D eigenvalue weighted by atomic mass is 9.87. The molecule has 3 N–H and O–H groups in total. The van der Waals surface area contributed by atoms with Crippen molar-refractivity contribution in [2.24, 2.45) is 0 Å². The number of anilines is 1. The zero-order valence-corrected chi connectivity index (χ0v) is 21.0. The van der Waals surface area contributed by atoms with Crippen LogP contribution in [0.4, 0.5) is 5.69 Å². The van der Waals surface area contributed by atoms with Crippen LogP contribution in [-0.2, 0) is 16.8 Å². The third kappa shape index (κ3) is 6.28. The van der Waals surface area contributed by atoms with E-state index in [4.69, 9.17) is 10.6 Å². The number of aromatic nitrogens is 3. The molecule has 1 aromatic heterocycles. The van der Waals surface area contributed by atoms with Crippen LogP contribution in [0.3, 0.4) is 0 Å². The van der Waals surface area contributed by atoms with Crippen molar-refractivity contribution in [3.05, 3.63) is 65.0 Å². The van der Waals surface area contributed by atoms with Crippen molar-refractivity contribution < 1.29 is 9.53 Å². The van der Waals surface area contributed by atoms with E-state index >= 15 is 0 Å². The number of ether oxygens (including phenoxy) is 1. The number of hydrogen-bond donors (Lipinski definition) is 2. The lowest BCUT2D eigenvalue weighted by molar-refractivity contribution is -0.113. The minimum absolute atomic E-state index is 0.0872. The second-order valence-electron chi connectivity index (χ2n) is 9.36. The fraction of sp³-hybridized carbons (Fsp3) is 0.400. The van der Waals surface area contributed by atoms with Crippen LogP contribution in [0.2, 0.25) is 0 Å². The highest BCUT2D eigenvalue weighted by atomic mass is 32.2. The summed E-state index contributed by atoms with van der Waals surface area (Å²) >= 11 is 1.24. The fourth-order valence-electron chi connectivity index (χ4n) is 3.35. The molecule has 0 aliphatic rings. The molecule has 3 rings (SSSR count). The highest BCUT2D eigenvalue weighted by Crippen LogP contribution is 2.28. The number of nitrogen functional groups attached to an aromatic ring is 1. The molecule has 0 unspecified atom stereocenters. The van der Waals surface area contributed by atoms with Crippen molar-refractivity contribution in [2.75, 3.05) is 16.9 Å². The smallest absolute Gasteiger partial charge is 0.234 e. The maximum Gasteiger partial charge on any atom is 0.234 e. The summed E-state index contributed by atoms with van der Waals surface area (Å²) < 4.78 is 7.19. The summed E-state index contributed by atoms with van der Waals surface area (Å²) in [5.74, 6) is 7.73. The van der Waals surface area contributed by atoms with Crippen LogP contribution in [0.25, 0.3) is 0 Å². The summed E-state index contributed by atoms with van der Waals surface area (Å²) in [7, 11) is 0. The number of thioether (sulfide) groups is 1. The maximum absolute atomic E-state index is 12.6. The number of amides is 1. The van der Waals surface area contributed by atoms with Gasteiger partial charge in [-0.2, -0.15) is 0 Å². The third-order valence-electron chi connectivity index (χ3n) is 5.35. The highest BCUT2D eigenvalue weighted by molar-refractivity contribution is 7.99. The lowest BCUT2D eigenvalue weighted by Gasteiger charge is -2.19. The second-order valence-corrected chi connectivity index (χ2v) is 10.3. The van der Waals surface area contributed by atoms with E-state index in [1.54, 1.807) is 0 Å². The predicted octanol–water partition coefficient (Wildman–Crippen LogP) is 5.03. The summed E-state index contributed by atoms with van der Waals surface area (Å²) in [6.07, 6.45) is 0. The number of nitrogens with zero attached hydrogens (tertiary/aromatic N) is 3. The van der Waals surface area contributed by atoms with Crippen LogP contribution in [0.1, 0.15) is 63.1 Å². The molecule has 0 atom stereocenters. The molecule has 0 aliphatic heterocycles. The van der Waals surface area contributed by atoms with Crippen LogP contribution in [0, 0.1) is 6.92 Å². The monoisotopic (exact) mass is 467 g/mol. The first kappa shape index (κ1) is 24.6. The van der Waals surface area contributed by atoms with Gasteiger partial charge in [0, 0.05) is 5.69 Å². The molecule has 0 fully saturated rings. The number of nitrogens with one attached hydrogen (secondary N) is 1. The van der Waals surface area contributed by atoms with Crippen molar-refractivity contribution in [2.45, 2.75) is 64.6 Å². The molecule has 176 valence electrons. The number of carbonyl (C=O) groups excluding carboxylic acids is 1. The quantitative estimate of drug-likeness (QED) is 0.356. The molecule has 0 bridgehead atoms. The van der Waals surface area contributed by atoms with E-state index in [0.717, 1.165) is 22.6 Å². The summed E-state index contributed by atoms with van der Waals surface area (Å²) in [6, 6.07) is 14.0. The highest BCUT2D eigenvalue weighted by Gasteiger charge is 2.16. The number of aryl methyl sites for hydroxylation is 1. The Morgan fingerprint density at radius 1 is 1.15 bits per heavy atom. The lowest BCUT2D eigenvalue weighted by Crippen LogP contribution is -2.19. The number of hydrogen-bond acceptors (Lipinski definition) is 6. The van der Waals surface area contributed by atoms with Crippen LogP contribution in [-0.4, -0.2) is 26.5 Å². The Hall–Kier alpha value is -3.00. The molecule has 3 aromatic rings. The van der Waals surface area contributed by atoms with E-state index in [-0.39, 0.29) is 23.7 Å². The summed E-state index contributed by atoms with van der Waals surface area (Å²) in [5.41, 5.74) is 4.35. The van der Waals surface area contributed by atoms with Gasteiger partial charge in [-0.1, -0.05) is 76.7 Å². The molecule has 0 saturated carbocycles. The molecular formula is C25H33N5O2S. The van der Waals surface area contributed by atoms with Gasteiger partial charge in [-0.15, -0.1) is 10.2 Å². The van der Waals surface area contributed by atoms with E-state index < -0.39 is 0 Å². The van der Waals surface area contributed by atoms with E-state index in [1.807, 2.05) is 37.3 Å². The molecule has 2 aromatic carbocycles. The summed E-state index contributed by atoms with van der Waals surface area (Å²) in [4.78, 5) is 12.6. The van der Waals surface area contributed by atoms with E-state index in [9.17, 15) is 4.79 Å². The second kappa shape index (κ2) is 10.3. The first-order valence-electron chi connectivity index (χ1n) is 11.0. The number of para-hydroxylation sites is 1. The van der Waals surface area contributed by atoms with Gasteiger partial charge in [-0.05, 0) is 47.1 Å². The first-order valence-corrected chi connectivity index (χ1v) is 12.0. The van der Waals surface area contributed by atoms with Gasteiger partial charge in [0.2, 0.25) is 11.1 Å². The Balaban J connectivity index is 1.57. The maximum atomic E-state index is 12.6. The van der Waals surface area contributed by atoms with Crippen LogP contribution < -0.4 is 15.9 Å². The minimum Gasteiger partial charge on any atom is -0.486 e. The Morgan fingerprint density at radius 3 is 2.48 bits per heavy atom. The molecule has 7 nitrogen and oxygen atoms in total. The Labute approximate surface area is 200 Å². The van der Waals surface area contributed by atoms with Gasteiger partial charge >= 0.3 is 0 Å². The summed E-state index contributed by atoms with van der Waals surface area (Å²) in [5, 5.41) is 11.7. The molecule has 1 heterocycles. The Bertz CT molecular complexity index is 1100. The van der Waals surface area contributed by atoms with E-state index in [0.29, 0.717) is 16.9 Å². The molecule has 0 saturated heterocycles. The van der Waals surface area contributed by atoms with E-state index in [1.165, 1.54) is 22.0 Å². The molecule has 8 heteroatoms. The molecule has 0 aliphatic carbocycles. The largest absolute Gasteiger partial charge is 0.486 e. The van der Waals surface area contributed by atoms with Crippen molar-refractivity contribution in [3.63, 3.8) is 0 Å². The van der Waals surface area contributed by atoms with Gasteiger partial charge in [0.25, 0.3) is 0 Å². The molecule has 1 amide bonds.